The van der Waals surface area contributed by atoms with Crippen LogP contribution in [0.2, 0.25) is 0 Å². The molecule has 1 aromatic carbocycles. The molecular formula is C25H36N7O4. The average molecular weight is 499 g/mol. The number of amides is 3. The van der Waals surface area contributed by atoms with Crippen LogP contribution in [0.1, 0.15) is 44.1 Å². The van der Waals surface area contributed by atoms with Crippen LogP contribution in [0.15, 0.2) is 30.3 Å². The molecule has 3 rings (SSSR count). The second-order valence-corrected chi connectivity index (χ2v) is 9.34. The number of likely N-dealkylation sites (tertiary alicyclic amines) is 2. The van der Waals surface area contributed by atoms with E-state index in [4.69, 9.17) is 16.9 Å². The Morgan fingerprint density at radius 3 is 2.42 bits per heavy atom. The maximum absolute atomic E-state index is 13.5. The summed E-state index contributed by atoms with van der Waals surface area (Å²) in [5.41, 5.74) is 12.4. The molecule has 36 heavy (non-hydrogen) atoms. The second-order valence-electron chi connectivity index (χ2n) is 9.34. The Labute approximate surface area is 211 Å². The van der Waals surface area contributed by atoms with Crippen molar-refractivity contribution in [1.29, 1.82) is 5.41 Å². The van der Waals surface area contributed by atoms with Crippen molar-refractivity contribution in [3.05, 3.63) is 35.9 Å². The van der Waals surface area contributed by atoms with Crippen LogP contribution >= 0.6 is 0 Å². The summed E-state index contributed by atoms with van der Waals surface area (Å²) in [7, 11) is 0. The number of hydrogen-bond donors (Lipinski definition) is 5. The van der Waals surface area contributed by atoms with Gasteiger partial charge in [0.05, 0.1) is 12.1 Å². The highest BCUT2D eigenvalue weighted by atomic mass is 16.2. The summed E-state index contributed by atoms with van der Waals surface area (Å²) in [5, 5.41) is 12.5. The quantitative estimate of drug-likeness (QED) is 0.154. The molecule has 4 atom stereocenters. The molecule has 0 spiro atoms. The molecule has 0 aromatic heterocycles. The molecule has 1 radical (unpaired) electrons. The number of nitrogens with one attached hydrogen (secondary N) is 3. The molecular weight excluding hydrogens is 462 g/mol. The smallest absolute Gasteiger partial charge is 0.246 e. The normalized spacial score (nSPS) is 21.0. The fourth-order valence-electron chi connectivity index (χ4n) is 4.91. The number of carbonyl (C=O) groups is 3. The van der Waals surface area contributed by atoms with Crippen LogP contribution in [0.3, 0.4) is 0 Å². The van der Waals surface area contributed by atoms with Crippen LogP contribution < -0.4 is 22.1 Å². The Kier molecular flexibility index (Phi) is 9.80. The van der Waals surface area contributed by atoms with E-state index in [-0.39, 0.29) is 17.8 Å². The molecule has 2 heterocycles. The first-order valence-corrected chi connectivity index (χ1v) is 12.5. The van der Waals surface area contributed by atoms with Crippen molar-refractivity contribution >= 4 is 30.0 Å². The molecule has 0 saturated carbocycles. The number of nitrogens with two attached hydrogens (primary N) is 2. The van der Waals surface area contributed by atoms with E-state index in [1.165, 1.54) is 4.90 Å². The average Bonchev–Trinajstić information content (AvgIpc) is 3.55. The van der Waals surface area contributed by atoms with Crippen molar-refractivity contribution < 1.29 is 19.2 Å². The Bertz CT molecular complexity index is 942. The van der Waals surface area contributed by atoms with Gasteiger partial charge in [-0.05, 0) is 50.5 Å². The number of carbonyl (C=O) groups excluding carboxylic acids is 4. The summed E-state index contributed by atoms with van der Waals surface area (Å²) in [6.45, 7) is 1.28. The van der Waals surface area contributed by atoms with E-state index < -0.39 is 30.1 Å². The first kappa shape index (κ1) is 27.1. The minimum Gasteiger partial charge on any atom is -0.370 e. The van der Waals surface area contributed by atoms with Crippen LogP contribution in [0.5, 0.6) is 0 Å². The highest BCUT2D eigenvalue weighted by Crippen LogP contribution is 2.26. The molecule has 11 heteroatoms. The van der Waals surface area contributed by atoms with Gasteiger partial charge in [-0.25, -0.2) is 0 Å². The van der Waals surface area contributed by atoms with E-state index in [0.717, 1.165) is 5.56 Å². The third-order valence-electron chi connectivity index (χ3n) is 6.72. The zero-order chi connectivity index (χ0) is 26.1. The molecule has 195 valence electrons. The van der Waals surface area contributed by atoms with E-state index in [1.54, 1.807) is 4.90 Å². The van der Waals surface area contributed by atoms with Crippen molar-refractivity contribution in [2.75, 3.05) is 19.6 Å². The minimum atomic E-state index is -0.815. The largest absolute Gasteiger partial charge is 0.370 e. The van der Waals surface area contributed by atoms with Crippen molar-refractivity contribution in [3.63, 3.8) is 0 Å². The molecule has 2 fully saturated rings. The first-order chi connectivity index (χ1) is 17.3. The van der Waals surface area contributed by atoms with E-state index in [0.29, 0.717) is 64.6 Å². The molecule has 2 aliphatic rings. The van der Waals surface area contributed by atoms with Gasteiger partial charge >= 0.3 is 0 Å². The van der Waals surface area contributed by atoms with E-state index in [1.807, 2.05) is 36.6 Å². The second kappa shape index (κ2) is 13.0. The Morgan fingerprint density at radius 1 is 1.08 bits per heavy atom. The summed E-state index contributed by atoms with van der Waals surface area (Å²) in [6, 6.07) is 6.61. The zero-order valence-corrected chi connectivity index (χ0v) is 20.4. The molecule has 0 bridgehead atoms. The fraction of sp³-hybridized carbons (Fsp3) is 0.560. The van der Waals surface area contributed by atoms with Crippen molar-refractivity contribution in [1.82, 2.24) is 20.4 Å². The number of hydrogen-bond acceptors (Lipinski definition) is 6. The molecule has 0 aliphatic carbocycles. The predicted octanol–water partition coefficient (Wildman–Crippen LogP) is -0.604. The molecule has 11 nitrogen and oxygen atoms in total. The van der Waals surface area contributed by atoms with Gasteiger partial charge in [0, 0.05) is 19.6 Å². The van der Waals surface area contributed by atoms with Crippen molar-refractivity contribution in [3.8, 4) is 0 Å². The van der Waals surface area contributed by atoms with Gasteiger partial charge in [0.25, 0.3) is 0 Å². The number of nitrogens with zero attached hydrogens (tertiary/aromatic N) is 2. The zero-order valence-electron chi connectivity index (χ0n) is 20.4. The summed E-state index contributed by atoms with van der Waals surface area (Å²) in [6.07, 6.45) is 5.44. The molecule has 2 saturated heterocycles. The molecule has 2 aliphatic heterocycles. The van der Waals surface area contributed by atoms with Crippen LogP contribution in [-0.2, 0) is 25.6 Å². The Morgan fingerprint density at radius 2 is 1.75 bits per heavy atom. The summed E-state index contributed by atoms with van der Waals surface area (Å²) >= 11 is 0. The first-order valence-electron chi connectivity index (χ1n) is 12.5. The predicted molar refractivity (Wildman–Crippen MR) is 134 cm³/mol. The van der Waals surface area contributed by atoms with Crippen molar-refractivity contribution in [2.24, 2.45) is 11.5 Å². The Hall–Kier alpha value is -3.47. The highest BCUT2D eigenvalue weighted by Gasteiger charge is 2.43. The van der Waals surface area contributed by atoms with Crippen LogP contribution in [0, 0.1) is 5.41 Å². The maximum Gasteiger partial charge on any atom is 0.246 e. The molecule has 7 N–H and O–H groups in total. The van der Waals surface area contributed by atoms with Gasteiger partial charge in [0.2, 0.25) is 24.0 Å². The van der Waals surface area contributed by atoms with Gasteiger partial charge in [-0.1, -0.05) is 30.3 Å². The summed E-state index contributed by atoms with van der Waals surface area (Å²) < 4.78 is 0. The minimum absolute atomic E-state index is 0.161. The molecule has 3 amide bonds. The van der Waals surface area contributed by atoms with Gasteiger partial charge in [-0.3, -0.25) is 24.6 Å². The third kappa shape index (κ3) is 7.03. The fourth-order valence-corrected chi connectivity index (χ4v) is 4.91. The summed E-state index contributed by atoms with van der Waals surface area (Å²) in [4.78, 5) is 54.0. The van der Waals surface area contributed by atoms with E-state index in [2.05, 4.69) is 10.6 Å². The van der Waals surface area contributed by atoms with Gasteiger partial charge in [-0.15, -0.1) is 0 Å². The number of guanidine groups is 1. The summed E-state index contributed by atoms with van der Waals surface area (Å²) in [5.74, 6) is -1.07. The number of rotatable bonds is 11. The lowest BCUT2D eigenvalue weighted by atomic mass is 10.0. The van der Waals surface area contributed by atoms with E-state index in [9.17, 15) is 19.2 Å². The van der Waals surface area contributed by atoms with E-state index >= 15 is 0 Å². The maximum atomic E-state index is 13.5. The van der Waals surface area contributed by atoms with Gasteiger partial charge in [0.15, 0.2) is 5.96 Å². The Balaban J connectivity index is 1.58. The van der Waals surface area contributed by atoms with Crippen LogP contribution in [0.4, 0.5) is 0 Å². The highest BCUT2D eigenvalue weighted by molar-refractivity contribution is 5.94. The monoisotopic (exact) mass is 498 g/mol. The molecule has 0 unspecified atom stereocenters. The third-order valence-corrected chi connectivity index (χ3v) is 6.72. The van der Waals surface area contributed by atoms with Crippen LogP contribution in [0.25, 0.3) is 0 Å². The van der Waals surface area contributed by atoms with Crippen molar-refractivity contribution in [2.45, 2.75) is 69.1 Å². The number of benzene rings is 1. The SMILES string of the molecule is N=C(N)NCCC[C@@H]([C]=O)NC(=O)[C@@H]1CCCN1C(=O)[C@@H]1CCCN1C(=O)[C@@H](N)Cc1ccccc1. The lowest BCUT2D eigenvalue weighted by Crippen LogP contribution is -2.56. The standard InChI is InChI=1S/C25H36N7O4/c26-19(15-17-7-2-1-3-8-17)23(35)32-14-6-11-21(32)24(36)31-13-5-10-20(31)22(34)30-18(16-33)9-4-12-29-25(27)28/h1-3,7-8,18-21H,4-6,9-15,26H2,(H,30,34)(H4,27,28,29)/t18-,19-,20-,21-/m0/s1. The van der Waals surface area contributed by atoms with Crippen LogP contribution in [-0.4, -0.2) is 83.6 Å². The topological polar surface area (TPSA) is 175 Å². The molecule has 1 aromatic rings. The van der Waals surface area contributed by atoms with Gasteiger partial charge in [0.1, 0.15) is 12.1 Å². The van der Waals surface area contributed by atoms with Gasteiger partial charge in [-0.2, -0.15) is 0 Å². The van der Waals surface area contributed by atoms with Gasteiger partial charge < -0.3 is 31.9 Å². The lowest BCUT2D eigenvalue weighted by Gasteiger charge is -2.32. The lowest BCUT2D eigenvalue weighted by molar-refractivity contribution is -0.147.